The first-order chi connectivity index (χ1) is 14.3. The number of para-hydroxylation sites is 1. The number of aromatic nitrogens is 3. The lowest BCUT2D eigenvalue weighted by Gasteiger charge is -2.06. The number of nitrogens with one attached hydrogen (secondary N) is 1. The van der Waals surface area contributed by atoms with Gasteiger partial charge in [-0.3, -0.25) is 4.98 Å². The third kappa shape index (κ3) is 3.72. The molecule has 0 aliphatic rings. The van der Waals surface area contributed by atoms with Crippen molar-refractivity contribution < 1.29 is 4.42 Å². The Morgan fingerprint density at radius 2 is 1.83 bits per heavy atom. The van der Waals surface area contributed by atoms with Crippen molar-refractivity contribution in [3.8, 4) is 11.5 Å². The van der Waals surface area contributed by atoms with Crippen molar-refractivity contribution in [3.63, 3.8) is 0 Å². The van der Waals surface area contributed by atoms with Gasteiger partial charge in [0.25, 0.3) is 5.89 Å². The highest BCUT2D eigenvalue weighted by Gasteiger charge is 2.15. The molecule has 29 heavy (non-hydrogen) atoms. The summed E-state index contributed by atoms with van der Waals surface area (Å²) in [6.45, 7) is 0. The Morgan fingerprint density at radius 3 is 2.72 bits per heavy atom. The Kier molecular flexibility index (Phi) is 4.71. The second kappa shape index (κ2) is 7.66. The average molecular weight is 419 g/mol. The molecule has 0 bridgehead atoms. The van der Waals surface area contributed by atoms with Crippen LogP contribution in [0.4, 0.5) is 11.7 Å². The van der Waals surface area contributed by atoms with Crippen LogP contribution in [0.5, 0.6) is 0 Å². The van der Waals surface area contributed by atoms with Crippen molar-refractivity contribution in [1.82, 2.24) is 15.2 Å². The smallest absolute Gasteiger partial charge is 0.320 e. The Balaban J connectivity index is 1.42. The molecular formula is C22H15ClN4OS. The van der Waals surface area contributed by atoms with Gasteiger partial charge in [-0.05, 0) is 53.4 Å². The fourth-order valence-electron chi connectivity index (χ4n) is 3.19. The first-order valence-corrected chi connectivity index (χ1v) is 10.3. The summed E-state index contributed by atoms with van der Waals surface area (Å²) in [6, 6.07) is 19.9. The van der Waals surface area contributed by atoms with Gasteiger partial charge in [0.2, 0.25) is 0 Å². The van der Waals surface area contributed by atoms with Gasteiger partial charge in [0.05, 0.1) is 11.1 Å². The zero-order valence-corrected chi connectivity index (χ0v) is 16.7. The minimum atomic E-state index is 0.342. The predicted octanol–water partition coefficient (Wildman–Crippen LogP) is 6.33. The van der Waals surface area contributed by atoms with Crippen LogP contribution in [0, 0.1) is 0 Å². The number of nitrogens with zero attached hydrogens (tertiary/aromatic N) is 3. The fourth-order valence-corrected chi connectivity index (χ4v) is 4.21. The Labute approximate surface area is 176 Å². The quantitative estimate of drug-likeness (QED) is 0.361. The van der Waals surface area contributed by atoms with E-state index in [1.54, 1.807) is 23.5 Å². The van der Waals surface area contributed by atoms with E-state index in [-0.39, 0.29) is 0 Å². The number of pyridine rings is 1. The summed E-state index contributed by atoms with van der Waals surface area (Å²) in [6.07, 6.45) is 2.63. The molecule has 0 saturated heterocycles. The van der Waals surface area contributed by atoms with Crippen molar-refractivity contribution in [2.45, 2.75) is 6.42 Å². The number of anilines is 2. The number of hydrogen-bond acceptors (Lipinski definition) is 6. The summed E-state index contributed by atoms with van der Waals surface area (Å²) in [5, 5.41) is 15.3. The van der Waals surface area contributed by atoms with Gasteiger partial charge in [-0.25, -0.2) is 0 Å². The maximum Gasteiger partial charge on any atom is 0.320 e. The molecule has 0 radical (unpaired) electrons. The molecule has 1 N–H and O–H groups in total. The van der Waals surface area contributed by atoms with Gasteiger partial charge in [0.15, 0.2) is 0 Å². The molecule has 5 nitrogen and oxygen atoms in total. The minimum Gasteiger partial charge on any atom is -0.403 e. The van der Waals surface area contributed by atoms with Crippen LogP contribution in [0.3, 0.4) is 0 Å². The molecular weight excluding hydrogens is 404 g/mol. The average Bonchev–Trinajstić information content (AvgIpc) is 3.39. The molecule has 0 spiro atoms. The monoisotopic (exact) mass is 418 g/mol. The van der Waals surface area contributed by atoms with Gasteiger partial charge in [-0.15, -0.1) is 16.4 Å². The number of fused-ring (bicyclic) bond motifs is 1. The second-order valence-electron chi connectivity index (χ2n) is 6.47. The first kappa shape index (κ1) is 17.8. The molecule has 0 unspecified atom stereocenters. The molecule has 3 heterocycles. The number of halogens is 1. The van der Waals surface area contributed by atoms with Crippen molar-refractivity contribution in [1.29, 1.82) is 0 Å². The highest BCUT2D eigenvalue weighted by molar-refractivity contribution is 7.10. The third-order valence-corrected chi connectivity index (χ3v) is 5.76. The van der Waals surface area contributed by atoms with Crippen molar-refractivity contribution in [3.05, 3.63) is 87.7 Å². The molecule has 0 amide bonds. The van der Waals surface area contributed by atoms with E-state index in [2.05, 4.69) is 32.6 Å². The van der Waals surface area contributed by atoms with Gasteiger partial charge < -0.3 is 9.73 Å². The second-order valence-corrected chi connectivity index (χ2v) is 7.90. The molecule has 0 saturated carbocycles. The van der Waals surface area contributed by atoms with Gasteiger partial charge >= 0.3 is 6.01 Å². The summed E-state index contributed by atoms with van der Waals surface area (Å²) in [5.41, 5.74) is 4.00. The molecule has 5 rings (SSSR count). The van der Waals surface area contributed by atoms with E-state index in [0.29, 0.717) is 16.9 Å². The van der Waals surface area contributed by atoms with E-state index in [1.165, 1.54) is 10.4 Å². The molecule has 142 valence electrons. The number of rotatable bonds is 5. The van der Waals surface area contributed by atoms with Crippen LogP contribution in [-0.2, 0) is 6.42 Å². The lowest BCUT2D eigenvalue weighted by atomic mass is 10.0. The maximum atomic E-state index is 5.92. The highest BCUT2D eigenvalue weighted by atomic mass is 35.5. The van der Waals surface area contributed by atoms with Gasteiger partial charge in [0.1, 0.15) is 0 Å². The first-order valence-electron chi connectivity index (χ1n) is 9.02. The normalized spacial score (nSPS) is 11.1. The Bertz CT molecular complexity index is 1270. The van der Waals surface area contributed by atoms with Crippen LogP contribution in [0.15, 0.2) is 76.7 Å². The topological polar surface area (TPSA) is 63.8 Å². The predicted molar refractivity (Wildman–Crippen MR) is 117 cm³/mol. The summed E-state index contributed by atoms with van der Waals surface area (Å²) >= 11 is 7.60. The van der Waals surface area contributed by atoms with E-state index >= 15 is 0 Å². The summed E-state index contributed by atoms with van der Waals surface area (Å²) in [5.74, 6) is 0.496. The maximum absolute atomic E-state index is 5.92. The van der Waals surface area contributed by atoms with E-state index in [9.17, 15) is 0 Å². The van der Waals surface area contributed by atoms with Crippen LogP contribution in [0.1, 0.15) is 10.4 Å². The van der Waals surface area contributed by atoms with E-state index < -0.39 is 0 Å². The standard InChI is InChI=1S/C22H15ClN4OS/c23-15-5-7-16(8-6-15)25-22-27-26-21(28-22)18-10-12-29-20(18)13-14-9-11-24-19-4-2-1-3-17(14)19/h1-12H,13H2,(H,25,27). The van der Waals surface area contributed by atoms with Crippen LogP contribution in [0.25, 0.3) is 22.4 Å². The van der Waals surface area contributed by atoms with Gasteiger partial charge in [-0.2, -0.15) is 0 Å². The van der Waals surface area contributed by atoms with Gasteiger partial charge in [-0.1, -0.05) is 34.9 Å². The lowest BCUT2D eigenvalue weighted by Crippen LogP contribution is -1.91. The molecule has 2 aromatic carbocycles. The molecule has 7 heteroatoms. The summed E-state index contributed by atoms with van der Waals surface area (Å²) < 4.78 is 5.86. The largest absolute Gasteiger partial charge is 0.403 e. The SMILES string of the molecule is Clc1ccc(Nc2nnc(-c3ccsc3Cc3ccnc4ccccc34)o2)cc1. The molecule has 0 aliphatic carbocycles. The van der Waals surface area contributed by atoms with Crippen molar-refractivity contribution >= 4 is 45.5 Å². The lowest BCUT2D eigenvalue weighted by molar-refractivity contribution is 0.587. The van der Waals surface area contributed by atoms with Crippen molar-refractivity contribution in [2.75, 3.05) is 5.32 Å². The van der Waals surface area contributed by atoms with E-state index in [0.717, 1.165) is 28.6 Å². The summed E-state index contributed by atoms with van der Waals surface area (Å²) in [7, 11) is 0. The van der Waals surface area contributed by atoms with Gasteiger partial charge in [0, 0.05) is 33.6 Å². The molecule has 3 aromatic heterocycles. The summed E-state index contributed by atoms with van der Waals surface area (Å²) in [4.78, 5) is 5.62. The Hall–Kier alpha value is -3.22. The van der Waals surface area contributed by atoms with Crippen LogP contribution < -0.4 is 5.32 Å². The van der Waals surface area contributed by atoms with Crippen molar-refractivity contribution in [2.24, 2.45) is 0 Å². The fraction of sp³-hybridized carbons (Fsp3) is 0.0455. The zero-order chi connectivity index (χ0) is 19.6. The molecule has 5 aromatic rings. The number of thiophene rings is 1. The van der Waals surface area contributed by atoms with E-state index in [4.69, 9.17) is 16.0 Å². The van der Waals surface area contributed by atoms with Crippen LogP contribution >= 0.6 is 22.9 Å². The highest BCUT2D eigenvalue weighted by Crippen LogP contribution is 2.32. The minimum absolute atomic E-state index is 0.342. The number of hydrogen-bond donors (Lipinski definition) is 1. The van der Waals surface area contributed by atoms with E-state index in [1.807, 2.05) is 48.0 Å². The Morgan fingerprint density at radius 1 is 0.966 bits per heavy atom. The van der Waals surface area contributed by atoms with Crippen LogP contribution in [-0.4, -0.2) is 15.2 Å². The third-order valence-electron chi connectivity index (χ3n) is 4.59. The van der Waals surface area contributed by atoms with Crippen LogP contribution in [0.2, 0.25) is 5.02 Å². The number of benzene rings is 2. The molecule has 0 atom stereocenters. The molecule has 0 aliphatic heterocycles. The zero-order valence-electron chi connectivity index (χ0n) is 15.2. The molecule has 0 fully saturated rings.